The lowest BCUT2D eigenvalue weighted by molar-refractivity contribution is -0.130. The summed E-state index contributed by atoms with van der Waals surface area (Å²) in [5, 5.41) is 5.13. The lowest BCUT2D eigenvalue weighted by Crippen LogP contribution is -2.37. The number of halogens is 1. The van der Waals surface area contributed by atoms with Crippen molar-refractivity contribution in [3.8, 4) is 0 Å². The molecule has 0 atom stereocenters. The molecule has 5 nitrogen and oxygen atoms in total. The topological polar surface area (TPSA) is 70.7 Å². The molecule has 1 aromatic heterocycles. The van der Waals surface area contributed by atoms with Crippen LogP contribution >= 0.6 is 35.3 Å². The van der Waals surface area contributed by atoms with E-state index >= 15 is 0 Å². The summed E-state index contributed by atoms with van der Waals surface area (Å²) >= 11 is 1.77. The minimum Gasteiger partial charge on any atom is -0.370 e. The van der Waals surface area contributed by atoms with Crippen LogP contribution in [0.3, 0.4) is 0 Å². The van der Waals surface area contributed by atoms with E-state index in [1.807, 2.05) is 23.1 Å². The van der Waals surface area contributed by atoms with Gasteiger partial charge in [0.1, 0.15) is 6.54 Å². The Bertz CT molecular complexity index is 759. The van der Waals surface area contributed by atoms with Gasteiger partial charge in [0, 0.05) is 23.7 Å². The summed E-state index contributed by atoms with van der Waals surface area (Å²) in [5.74, 6) is 0.281. The van der Waals surface area contributed by atoms with Gasteiger partial charge in [-0.2, -0.15) is 0 Å². The van der Waals surface area contributed by atoms with E-state index in [0.717, 1.165) is 25.1 Å². The molecule has 0 spiro atoms. The van der Waals surface area contributed by atoms with Crippen LogP contribution in [0.2, 0.25) is 0 Å². The molecule has 1 aliphatic heterocycles. The molecule has 134 valence electrons. The first-order valence-electron chi connectivity index (χ1n) is 8.14. The number of anilines is 1. The number of guanidine groups is 1. The molecule has 0 saturated carbocycles. The van der Waals surface area contributed by atoms with E-state index in [1.54, 1.807) is 11.3 Å². The maximum atomic E-state index is 12.3. The van der Waals surface area contributed by atoms with Crippen LogP contribution in [0.15, 0.2) is 40.7 Å². The van der Waals surface area contributed by atoms with Gasteiger partial charge in [0.2, 0.25) is 5.91 Å². The monoisotopic (exact) mass is 470 g/mol. The van der Waals surface area contributed by atoms with E-state index in [2.05, 4.69) is 34.7 Å². The van der Waals surface area contributed by atoms with Crippen molar-refractivity contribution >= 4 is 52.9 Å². The predicted octanol–water partition coefficient (Wildman–Crippen LogP) is 3.24. The third-order valence-corrected chi connectivity index (χ3v) is 5.18. The molecule has 0 unspecified atom stereocenters. The number of hydrogen-bond donors (Lipinski definition) is 2. The number of benzene rings is 1. The highest BCUT2D eigenvalue weighted by atomic mass is 127. The summed E-state index contributed by atoms with van der Waals surface area (Å²) in [5.41, 5.74) is 9.28. The Morgan fingerprint density at radius 3 is 3.04 bits per heavy atom. The number of carbonyl (C=O) groups excluding carboxylic acids is 1. The first-order valence-corrected chi connectivity index (χ1v) is 9.02. The van der Waals surface area contributed by atoms with E-state index in [0.29, 0.717) is 6.54 Å². The summed E-state index contributed by atoms with van der Waals surface area (Å²) in [6.45, 7) is 3.62. The second-order valence-corrected chi connectivity index (χ2v) is 6.82. The number of nitrogens with zero attached hydrogens (tertiary/aromatic N) is 2. The van der Waals surface area contributed by atoms with Gasteiger partial charge in [-0.25, -0.2) is 4.99 Å². The van der Waals surface area contributed by atoms with Crippen LogP contribution in [0.4, 0.5) is 5.69 Å². The van der Waals surface area contributed by atoms with Gasteiger partial charge in [-0.3, -0.25) is 4.79 Å². The van der Waals surface area contributed by atoms with E-state index in [-0.39, 0.29) is 42.4 Å². The molecule has 3 N–H and O–H groups in total. The standard InChI is InChI=1S/C18H22N4OS.HI/c1-2-13-4-3-5-15(10-13)21-18(19)20-11-17(23)22-8-6-16-14(12-22)7-9-24-16;/h3-5,7,9-10H,2,6,8,11-12H2,1H3,(H3,19,20,21);1H. The van der Waals surface area contributed by atoms with Crippen molar-refractivity contribution in [2.45, 2.75) is 26.3 Å². The smallest absolute Gasteiger partial charge is 0.244 e. The number of aryl methyl sites for hydroxylation is 1. The van der Waals surface area contributed by atoms with Crippen molar-refractivity contribution < 1.29 is 4.79 Å². The number of hydrogen-bond acceptors (Lipinski definition) is 3. The van der Waals surface area contributed by atoms with Gasteiger partial charge in [-0.15, -0.1) is 35.3 Å². The number of thiophene rings is 1. The van der Waals surface area contributed by atoms with Crippen LogP contribution in [0.1, 0.15) is 22.9 Å². The van der Waals surface area contributed by atoms with Crippen molar-refractivity contribution in [1.29, 1.82) is 0 Å². The zero-order chi connectivity index (χ0) is 16.9. The number of fused-ring (bicyclic) bond motifs is 1. The van der Waals surface area contributed by atoms with Crippen LogP contribution in [-0.4, -0.2) is 29.9 Å². The lowest BCUT2D eigenvalue weighted by Gasteiger charge is -2.26. The number of nitrogens with two attached hydrogens (primary N) is 1. The molecule has 1 amide bonds. The minimum atomic E-state index is 0. The predicted molar refractivity (Wildman–Crippen MR) is 115 cm³/mol. The third kappa shape index (κ3) is 5.18. The number of rotatable bonds is 4. The maximum absolute atomic E-state index is 12.3. The van der Waals surface area contributed by atoms with Crippen molar-refractivity contribution in [2.75, 3.05) is 18.4 Å². The van der Waals surface area contributed by atoms with Gasteiger partial charge in [-0.1, -0.05) is 19.1 Å². The Hall–Kier alpha value is -1.61. The fraction of sp³-hybridized carbons (Fsp3) is 0.333. The first kappa shape index (κ1) is 19.7. The molecule has 25 heavy (non-hydrogen) atoms. The fourth-order valence-electron chi connectivity index (χ4n) is 2.77. The van der Waals surface area contributed by atoms with Crippen LogP contribution in [0.25, 0.3) is 0 Å². The summed E-state index contributed by atoms with van der Waals surface area (Å²) in [7, 11) is 0. The van der Waals surface area contributed by atoms with Crippen molar-refractivity contribution in [3.05, 3.63) is 51.7 Å². The molecule has 2 heterocycles. The fourth-order valence-corrected chi connectivity index (χ4v) is 3.66. The average Bonchev–Trinajstić information content (AvgIpc) is 3.07. The van der Waals surface area contributed by atoms with Crippen molar-refractivity contribution in [1.82, 2.24) is 4.90 Å². The lowest BCUT2D eigenvalue weighted by atomic mass is 10.1. The van der Waals surface area contributed by atoms with E-state index in [4.69, 9.17) is 5.73 Å². The van der Waals surface area contributed by atoms with E-state index < -0.39 is 0 Å². The number of aliphatic imine (C=N–C) groups is 1. The van der Waals surface area contributed by atoms with Gasteiger partial charge >= 0.3 is 0 Å². The van der Waals surface area contributed by atoms with Gasteiger partial charge < -0.3 is 16.0 Å². The molecular formula is C18H23IN4OS. The van der Waals surface area contributed by atoms with Crippen molar-refractivity contribution in [3.63, 3.8) is 0 Å². The summed E-state index contributed by atoms with van der Waals surface area (Å²) in [4.78, 5) is 19.8. The molecule has 7 heteroatoms. The number of nitrogens with one attached hydrogen (secondary N) is 1. The van der Waals surface area contributed by atoms with E-state index in [1.165, 1.54) is 16.0 Å². The zero-order valence-corrected chi connectivity index (χ0v) is 17.3. The Morgan fingerprint density at radius 2 is 2.24 bits per heavy atom. The van der Waals surface area contributed by atoms with Gasteiger partial charge in [-0.05, 0) is 47.5 Å². The molecule has 1 aromatic carbocycles. The summed E-state index contributed by atoms with van der Waals surface area (Å²) in [6.07, 6.45) is 1.89. The highest BCUT2D eigenvalue weighted by Crippen LogP contribution is 2.23. The van der Waals surface area contributed by atoms with Crippen LogP contribution in [0, 0.1) is 0 Å². The Labute approximate surface area is 169 Å². The molecule has 0 fully saturated rings. The Balaban J connectivity index is 0.00000225. The molecule has 0 aliphatic carbocycles. The SMILES string of the molecule is CCc1cccc(NC(N)=NCC(=O)N2CCc3sccc3C2)c1.I. The van der Waals surface area contributed by atoms with E-state index in [9.17, 15) is 4.79 Å². The van der Waals surface area contributed by atoms with Crippen LogP contribution in [0.5, 0.6) is 0 Å². The molecular weight excluding hydrogens is 447 g/mol. The minimum absolute atomic E-state index is 0. The van der Waals surface area contributed by atoms with Crippen LogP contribution < -0.4 is 11.1 Å². The highest BCUT2D eigenvalue weighted by Gasteiger charge is 2.20. The largest absolute Gasteiger partial charge is 0.370 e. The molecule has 2 aromatic rings. The second kappa shape index (κ2) is 9.19. The number of amides is 1. The molecule has 0 radical (unpaired) electrons. The van der Waals surface area contributed by atoms with Gasteiger partial charge in [0.05, 0.1) is 0 Å². The van der Waals surface area contributed by atoms with Gasteiger partial charge in [0.15, 0.2) is 5.96 Å². The average molecular weight is 470 g/mol. The summed E-state index contributed by atoms with van der Waals surface area (Å²) in [6, 6.07) is 10.1. The Kier molecular flexibility index (Phi) is 7.24. The first-order chi connectivity index (χ1) is 11.7. The number of carbonyl (C=O) groups is 1. The molecule has 1 aliphatic rings. The normalized spacial score (nSPS) is 13.8. The molecule has 3 rings (SSSR count). The summed E-state index contributed by atoms with van der Waals surface area (Å²) < 4.78 is 0. The highest BCUT2D eigenvalue weighted by molar-refractivity contribution is 14.0. The molecule has 0 bridgehead atoms. The third-order valence-electron chi connectivity index (χ3n) is 4.15. The molecule has 0 saturated heterocycles. The van der Waals surface area contributed by atoms with Crippen molar-refractivity contribution in [2.24, 2.45) is 10.7 Å². The van der Waals surface area contributed by atoms with Gasteiger partial charge in [0.25, 0.3) is 0 Å². The quantitative estimate of drug-likeness (QED) is 0.410. The Morgan fingerprint density at radius 1 is 1.40 bits per heavy atom. The van der Waals surface area contributed by atoms with Crippen LogP contribution in [-0.2, 0) is 24.2 Å². The zero-order valence-electron chi connectivity index (χ0n) is 14.2. The maximum Gasteiger partial charge on any atom is 0.244 e. The second-order valence-electron chi connectivity index (χ2n) is 5.81.